The molecule has 0 amide bonds. The Kier molecular flexibility index (Phi) is 11.0. The van der Waals surface area contributed by atoms with Crippen LogP contribution in [-0.4, -0.2) is 0 Å². The van der Waals surface area contributed by atoms with Gasteiger partial charge >= 0.3 is 29.6 Å². The fraction of sp³-hybridized carbons (Fsp3) is 0. The van der Waals surface area contributed by atoms with Gasteiger partial charge in [0.15, 0.2) is 0 Å². The number of phosphoric acid groups is 2. The Morgan fingerprint density at radius 3 is 0.636 bits per heavy atom. The van der Waals surface area contributed by atoms with E-state index in [9.17, 15) is 0 Å². The molecule has 0 saturated heterocycles. The Morgan fingerprint density at radius 2 is 0.636 bits per heavy atom. The molecule has 0 saturated carbocycles. The van der Waals surface area contributed by atoms with Crippen LogP contribution in [0.15, 0.2) is 0 Å². The maximum absolute atomic E-state index is 8.55. The molecule has 0 radical (unpaired) electrons. The van der Waals surface area contributed by atoms with E-state index >= 15 is 0 Å². The van der Waals surface area contributed by atoms with Crippen LogP contribution in [0.4, 0.5) is 0 Å². The molecule has 0 bridgehead atoms. The molecule has 0 spiro atoms. The van der Waals surface area contributed by atoms with Gasteiger partial charge in [0, 0.05) is 0 Å². The average molecular weight is 213 g/mol. The van der Waals surface area contributed by atoms with Gasteiger partial charge in [-0.2, -0.15) is 15.6 Å². The average Bonchev–Trinajstić information content (AvgIpc) is 1.12. The topological polar surface area (TPSA) is 172 Å². The summed E-state index contributed by atoms with van der Waals surface area (Å²) >= 11 is 0. The molecule has 0 aliphatic heterocycles. The van der Waals surface area contributed by atoms with Crippen molar-refractivity contribution < 1.29 is 68.0 Å². The Morgan fingerprint density at radius 1 is 0.636 bits per heavy atom. The molecule has 0 atom stereocenters. The first-order chi connectivity index (χ1) is 4.00. The molecule has 0 N–H and O–H groups in total. The fourth-order valence-corrected chi connectivity index (χ4v) is 0. The molecular weight excluding hydrogens is 213 g/mol. The standard InChI is InChI=1S/Na.2H3O4P/c;2*1-5(2,3)4/h;2*(H3,1,2,3,4)/q+1;;/p-6. The number of rotatable bonds is 0. The van der Waals surface area contributed by atoms with Crippen molar-refractivity contribution in [3.8, 4) is 0 Å². The summed E-state index contributed by atoms with van der Waals surface area (Å²) in [6.07, 6.45) is 0. The van der Waals surface area contributed by atoms with E-state index in [1.165, 1.54) is 0 Å². The molecule has 64 valence electrons. The molecule has 0 rings (SSSR count). The second-order valence-corrected chi connectivity index (χ2v) is 2.68. The van der Waals surface area contributed by atoms with Crippen molar-refractivity contribution in [2.75, 3.05) is 0 Å². The molecule has 0 unspecified atom stereocenters. The molecule has 0 heterocycles. The van der Waals surface area contributed by atoms with Crippen LogP contribution in [0.5, 0.6) is 0 Å². The first kappa shape index (κ1) is 18.1. The Hall–Kier alpha value is 1.22. The minimum atomic E-state index is -5.39. The number of hydrogen-bond acceptors (Lipinski definition) is 8. The van der Waals surface area contributed by atoms with E-state index in [4.69, 9.17) is 38.5 Å². The summed E-state index contributed by atoms with van der Waals surface area (Å²) < 4.78 is 17.1. The normalized spacial score (nSPS) is 10.7. The van der Waals surface area contributed by atoms with Gasteiger partial charge in [-0.05, 0) is 0 Å². The van der Waals surface area contributed by atoms with Gasteiger partial charge in [-0.1, -0.05) is 0 Å². The van der Waals surface area contributed by atoms with Crippen LogP contribution in [-0.2, 0) is 9.13 Å². The molecule has 11 heavy (non-hydrogen) atoms. The van der Waals surface area contributed by atoms with Crippen LogP contribution >= 0.6 is 15.6 Å². The third-order valence-electron chi connectivity index (χ3n) is 0. The monoisotopic (exact) mass is 213 g/mol. The van der Waals surface area contributed by atoms with E-state index in [1.807, 2.05) is 0 Å². The molecule has 0 aliphatic carbocycles. The minimum Gasteiger partial charge on any atom is -0.822 e. The molecule has 0 aromatic heterocycles. The van der Waals surface area contributed by atoms with Crippen LogP contribution in [0.2, 0.25) is 0 Å². The van der Waals surface area contributed by atoms with Crippen molar-refractivity contribution in [1.29, 1.82) is 0 Å². The first-order valence-electron chi connectivity index (χ1n) is 1.46. The third kappa shape index (κ3) is 641. The predicted molar refractivity (Wildman–Crippen MR) is 15.2 cm³/mol. The van der Waals surface area contributed by atoms with Crippen molar-refractivity contribution in [2.45, 2.75) is 0 Å². The first-order valence-corrected chi connectivity index (χ1v) is 4.38. The van der Waals surface area contributed by atoms with Crippen molar-refractivity contribution in [3.05, 3.63) is 0 Å². The summed E-state index contributed by atoms with van der Waals surface area (Å²) in [5, 5.41) is 0. The maximum atomic E-state index is 8.55. The molecule has 11 heteroatoms. The molecule has 0 aliphatic rings. The maximum Gasteiger partial charge on any atom is 1.00 e. The molecule has 0 aromatic rings. The van der Waals surface area contributed by atoms with Gasteiger partial charge in [0.25, 0.3) is 0 Å². The van der Waals surface area contributed by atoms with Gasteiger partial charge in [-0.25, -0.2) is 0 Å². The van der Waals surface area contributed by atoms with Crippen LogP contribution < -0.4 is 58.9 Å². The van der Waals surface area contributed by atoms with Crippen molar-refractivity contribution in [3.63, 3.8) is 0 Å². The molecular formula is NaO8P2-5. The molecule has 8 nitrogen and oxygen atoms in total. The van der Waals surface area contributed by atoms with Gasteiger partial charge in [-0.3, -0.25) is 0 Å². The predicted octanol–water partition coefficient (Wildman–Crippen LogP) is -8.65. The second-order valence-electron chi connectivity index (χ2n) is 0.894. The van der Waals surface area contributed by atoms with E-state index in [-0.39, 0.29) is 29.6 Å². The van der Waals surface area contributed by atoms with Gasteiger partial charge in [0.1, 0.15) is 0 Å². The summed E-state index contributed by atoms with van der Waals surface area (Å²) in [7, 11) is -10.8. The van der Waals surface area contributed by atoms with Crippen LogP contribution in [0.25, 0.3) is 0 Å². The zero-order valence-electron chi connectivity index (χ0n) is 5.16. The van der Waals surface area contributed by atoms with Crippen LogP contribution in [0.3, 0.4) is 0 Å². The largest absolute Gasteiger partial charge is 1.00 e. The Labute approximate surface area is 83.7 Å². The minimum absolute atomic E-state index is 0. The summed E-state index contributed by atoms with van der Waals surface area (Å²) in [4.78, 5) is 51.3. The van der Waals surface area contributed by atoms with Gasteiger partial charge in [0.05, 0.1) is 0 Å². The molecule has 0 aromatic carbocycles. The van der Waals surface area contributed by atoms with E-state index in [2.05, 4.69) is 0 Å². The zero-order valence-corrected chi connectivity index (χ0v) is 8.95. The van der Waals surface area contributed by atoms with Crippen molar-refractivity contribution >= 4 is 15.6 Å². The Bertz CT molecular complexity index is 124. The smallest absolute Gasteiger partial charge is 0.822 e. The van der Waals surface area contributed by atoms with Crippen LogP contribution in [0, 0.1) is 0 Å². The zero-order chi connectivity index (χ0) is 9.00. The van der Waals surface area contributed by atoms with E-state index in [1.54, 1.807) is 0 Å². The van der Waals surface area contributed by atoms with E-state index in [0.717, 1.165) is 0 Å². The fourth-order valence-electron chi connectivity index (χ4n) is 0. The number of hydrogen-bond donors (Lipinski definition) is 0. The second kappa shape index (κ2) is 6.71. The SMILES string of the molecule is O=P([O-])([O-])[O-].O=P([O-])([O-])[O-].[Na+]. The van der Waals surface area contributed by atoms with Gasteiger partial charge in [-0.15, -0.1) is 0 Å². The Balaban J connectivity index is -0.000000107. The van der Waals surface area contributed by atoms with Crippen molar-refractivity contribution in [1.82, 2.24) is 0 Å². The van der Waals surface area contributed by atoms with E-state index in [0.29, 0.717) is 0 Å². The summed E-state index contributed by atoms with van der Waals surface area (Å²) in [6.45, 7) is 0. The van der Waals surface area contributed by atoms with Gasteiger partial charge < -0.3 is 38.5 Å². The third-order valence-corrected chi connectivity index (χ3v) is 0. The summed E-state index contributed by atoms with van der Waals surface area (Å²) in [5.74, 6) is 0. The van der Waals surface area contributed by atoms with E-state index < -0.39 is 15.6 Å². The van der Waals surface area contributed by atoms with Gasteiger partial charge in [0.2, 0.25) is 0 Å². The van der Waals surface area contributed by atoms with Crippen molar-refractivity contribution in [2.24, 2.45) is 0 Å². The quantitative estimate of drug-likeness (QED) is 0.281. The summed E-state index contributed by atoms with van der Waals surface area (Å²) in [6, 6.07) is 0. The molecule has 0 fully saturated rings. The van der Waals surface area contributed by atoms with Crippen LogP contribution in [0.1, 0.15) is 0 Å². The summed E-state index contributed by atoms with van der Waals surface area (Å²) in [5.41, 5.74) is 0.